The van der Waals surface area contributed by atoms with E-state index in [1.54, 1.807) is 7.11 Å². The number of aryl methyl sites for hydroxylation is 1. The maximum atomic E-state index is 12.1. The van der Waals surface area contributed by atoms with E-state index in [2.05, 4.69) is 0 Å². The summed E-state index contributed by atoms with van der Waals surface area (Å²) in [6, 6.07) is 1.88. The molecule has 0 atom stereocenters. The van der Waals surface area contributed by atoms with Gasteiger partial charge in [0.2, 0.25) is 0 Å². The molecule has 0 aliphatic rings. The average Bonchev–Trinajstić information content (AvgIpc) is 2.31. The minimum Gasteiger partial charge on any atom is -0.496 e. The molecule has 1 rings (SSSR count). The van der Waals surface area contributed by atoms with Crippen LogP contribution in [0.1, 0.15) is 46.8 Å². The zero-order chi connectivity index (χ0) is 13.9. The van der Waals surface area contributed by atoms with Crippen molar-refractivity contribution in [2.45, 2.75) is 40.5 Å². The van der Waals surface area contributed by atoms with Gasteiger partial charge in [0.25, 0.3) is 0 Å². The van der Waals surface area contributed by atoms with Crippen molar-refractivity contribution in [3.63, 3.8) is 0 Å². The summed E-state index contributed by atoms with van der Waals surface area (Å²) < 4.78 is 5.27. The number of hydrogen-bond acceptors (Lipinski definition) is 3. The highest BCUT2D eigenvalue weighted by Gasteiger charge is 2.17. The van der Waals surface area contributed by atoms with Gasteiger partial charge in [-0.05, 0) is 50.5 Å². The normalized spacial score (nSPS) is 10.3. The molecule has 0 unspecified atom stereocenters. The smallest absolute Gasteiger partial charge is 0.163 e. The topological polar surface area (TPSA) is 43.4 Å². The van der Waals surface area contributed by atoms with Crippen LogP contribution in [0.25, 0.3) is 0 Å². The number of carbonyl (C=O) groups excluding carboxylic acids is 2. The molecule has 1 aromatic rings. The molecule has 0 saturated heterocycles. The molecule has 1 aromatic carbocycles. The van der Waals surface area contributed by atoms with E-state index in [-0.39, 0.29) is 18.0 Å². The van der Waals surface area contributed by atoms with E-state index in [9.17, 15) is 9.59 Å². The minimum atomic E-state index is 0.0333. The molecule has 0 fully saturated rings. The highest BCUT2D eigenvalue weighted by Crippen LogP contribution is 2.28. The first-order chi connectivity index (χ1) is 8.38. The third-order valence-electron chi connectivity index (χ3n) is 3.25. The van der Waals surface area contributed by atoms with Gasteiger partial charge in [0.15, 0.2) is 5.78 Å². The Morgan fingerprint density at radius 1 is 1.11 bits per heavy atom. The monoisotopic (exact) mass is 248 g/mol. The van der Waals surface area contributed by atoms with Gasteiger partial charge in [0.05, 0.1) is 7.11 Å². The zero-order valence-corrected chi connectivity index (χ0v) is 11.7. The van der Waals surface area contributed by atoms with Gasteiger partial charge in [-0.25, -0.2) is 0 Å². The van der Waals surface area contributed by atoms with E-state index >= 15 is 0 Å². The summed E-state index contributed by atoms with van der Waals surface area (Å²) in [7, 11) is 1.62. The molecule has 0 aliphatic heterocycles. The first-order valence-corrected chi connectivity index (χ1v) is 6.06. The Labute approximate surface area is 108 Å². The summed E-state index contributed by atoms with van der Waals surface area (Å²) in [5, 5.41) is 0. The Morgan fingerprint density at radius 2 is 1.72 bits per heavy atom. The molecule has 0 radical (unpaired) electrons. The molecule has 0 aliphatic carbocycles. The number of Topliss-reactive ketones (excluding diaryl/α,β-unsaturated/α-hetero) is 2. The van der Waals surface area contributed by atoms with Crippen molar-refractivity contribution < 1.29 is 14.3 Å². The molecule has 0 bridgehead atoms. The maximum Gasteiger partial charge on any atom is 0.163 e. The first-order valence-electron chi connectivity index (χ1n) is 6.06. The molecule has 3 heteroatoms. The van der Waals surface area contributed by atoms with Crippen LogP contribution >= 0.6 is 0 Å². The number of rotatable bonds is 5. The van der Waals surface area contributed by atoms with Crippen molar-refractivity contribution in [1.29, 1.82) is 0 Å². The predicted molar refractivity (Wildman–Crippen MR) is 71.5 cm³/mol. The Kier molecular flexibility index (Phi) is 4.65. The summed E-state index contributed by atoms with van der Waals surface area (Å²) in [4.78, 5) is 23.1. The van der Waals surface area contributed by atoms with Crippen LogP contribution in [0.3, 0.4) is 0 Å². The molecule has 0 N–H and O–H groups in total. The van der Waals surface area contributed by atoms with E-state index < -0.39 is 0 Å². The summed E-state index contributed by atoms with van der Waals surface area (Å²) in [6.45, 7) is 7.27. The number of hydrogen-bond donors (Lipinski definition) is 0. The Bertz CT molecular complexity index is 487. The van der Waals surface area contributed by atoms with Crippen LogP contribution in [0.4, 0.5) is 0 Å². The van der Waals surface area contributed by atoms with Crippen LogP contribution < -0.4 is 4.74 Å². The molecular weight excluding hydrogens is 228 g/mol. The van der Waals surface area contributed by atoms with Crippen molar-refractivity contribution in [3.8, 4) is 5.75 Å². The molecule has 18 heavy (non-hydrogen) atoms. The summed E-state index contributed by atoms with van der Waals surface area (Å²) >= 11 is 0. The van der Waals surface area contributed by atoms with Crippen molar-refractivity contribution in [2.24, 2.45) is 0 Å². The SMILES string of the molecule is COc1cc(C)c(C(=O)CCC(C)=O)c(C)c1C. The largest absolute Gasteiger partial charge is 0.496 e. The Balaban J connectivity index is 3.13. The molecule has 98 valence electrons. The van der Waals surface area contributed by atoms with Gasteiger partial charge in [-0.15, -0.1) is 0 Å². The van der Waals surface area contributed by atoms with Crippen LogP contribution in [0, 0.1) is 20.8 Å². The highest BCUT2D eigenvalue weighted by molar-refractivity contribution is 6.00. The zero-order valence-electron chi connectivity index (χ0n) is 11.7. The molecular formula is C15H20O3. The third-order valence-corrected chi connectivity index (χ3v) is 3.25. The maximum absolute atomic E-state index is 12.1. The lowest BCUT2D eigenvalue weighted by Gasteiger charge is -2.15. The summed E-state index contributed by atoms with van der Waals surface area (Å²) in [5.41, 5.74) is 3.56. The van der Waals surface area contributed by atoms with Gasteiger partial charge < -0.3 is 9.53 Å². The lowest BCUT2D eigenvalue weighted by atomic mass is 9.92. The first kappa shape index (κ1) is 14.4. The third kappa shape index (κ3) is 2.97. The molecule has 0 heterocycles. The van der Waals surface area contributed by atoms with Crippen LogP contribution in [-0.4, -0.2) is 18.7 Å². The quantitative estimate of drug-likeness (QED) is 0.752. The Morgan fingerprint density at radius 3 is 2.22 bits per heavy atom. The van der Waals surface area contributed by atoms with Crippen LogP contribution in [0.15, 0.2) is 6.07 Å². The second kappa shape index (κ2) is 5.80. The van der Waals surface area contributed by atoms with Crippen LogP contribution in [0.5, 0.6) is 5.75 Å². The van der Waals surface area contributed by atoms with Crippen molar-refractivity contribution >= 4 is 11.6 Å². The van der Waals surface area contributed by atoms with E-state index in [1.807, 2.05) is 26.8 Å². The fourth-order valence-electron chi connectivity index (χ4n) is 2.10. The number of ether oxygens (including phenoxy) is 1. The van der Waals surface area contributed by atoms with Gasteiger partial charge in [-0.1, -0.05) is 0 Å². The second-order valence-corrected chi connectivity index (χ2v) is 4.65. The predicted octanol–water partition coefficient (Wildman–Crippen LogP) is 3.17. The number of benzene rings is 1. The lowest BCUT2D eigenvalue weighted by Crippen LogP contribution is -2.08. The summed E-state index contributed by atoms with van der Waals surface area (Å²) in [5.74, 6) is 0.878. The second-order valence-electron chi connectivity index (χ2n) is 4.65. The number of ketones is 2. The molecule has 3 nitrogen and oxygen atoms in total. The van der Waals surface area contributed by atoms with Crippen molar-refractivity contribution in [1.82, 2.24) is 0 Å². The van der Waals surface area contributed by atoms with E-state index in [0.29, 0.717) is 6.42 Å². The Hall–Kier alpha value is -1.64. The average molecular weight is 248 g/mol. The molecule has 0 saturated carbocycles. The molecule has 0 spiro atoms. The van der Waals surface area contributed by atoms with E-state index in [1.165, 1.54) is 6.92 Å². The minimum absolute atomic E-state index is 0.0333. The van der Waals surface area contributed by atoms with E-state index in [0.717, 1.165) is 28.0 Å². The van der Waals surface area contributed by atoms with Gasteiger partial charge in [0, 0.05) is 18.4 Å². The van der Waals surface area contributed by atoms with Crippen LogP contribution in [0.2, 0.25) is 0 Å². The molecule has 0 amide bonds. The fourth-order valence-corrected chi connectivity index (χ4v) is 2.10. The van der Waals surface area contributed by atoms with Gasteiger partial charge >= 0.3 is 0 Å². The fraction of sp³-hybridized carbons (Fsp3) is 0.467. The van der Waals surface area contributed by atoms with Crippen molar-refractivity contribution in [3.05, 3.63) is 28.3 Å². The van der Waals surface area contributed by atoms with Gasteiger partial charge in [-0.2, -0.15) is 0 Å². The summed E-state index contributed by atoms with van der Waals surface area (Å²) in [6.07, 6.45) is 0.589. The van der Waals surface area contributed by atoms with Gasteiger partial charge in [0.1, 0.15) is 11.5 Å². The number of methoxy groups -OCH3 is 1. The molecule has 0 aromatic heterocycles. The standard InChI is InChI=1S/C15H20O3/c1-9-8-14(18-5)11(3)12(4)15(9)13(17)7-6-10(2)16/h8H,6-7H2,1-5H3. The van der Waals surface area contributed by atoms with Crippen molar-refractivity contribution in [2.75, 3.05) is 7.11 Å². The highest BCUT2D eigenvalue weighted by atomic mass is 16.5. The van der Waals surface area contributed by atoms with E-state index in [4.69, 9.17) is 4.74 Å². The number of carbonyl (C=O) groups is 2. The van der Waals surface area contributed by atoms with Crippen LogP contribution in [-0.2, 0) is 4.79 Å². The van der Waals surface area contributed by atoms with Gasteiger partial charge in [-0.3, -0.25) is 4.79 Å². The lowest BCUT2D eigenvalue weighted by molar-refractivity contribution is -0.116.